The summed E-state index contributed by atoms with van der Waals surface area (Å²) in [4.78, 5) is 36.7. The van der Waals surface area contributed by atoms with E-state index in [-0.39, 0.29) is 21.3 Å². The van der Waals surface area contributed by atoms with Gasteiger partial charge in [-0.15, -0.1) is 0 Å². The maximum absolute atomic E-state index is 13.0. The summed E-state index contributed by atoms with van der Waals surface area (Å²) in [6.45, 7) is 0. The van der Waals surface area contributed by atoms with Crippen molar-refractivity contribution < 1.29 is 24.0 Å². The first-order chi connectivity index (χ1) is 15.8. The van der Waals surface area contributed by atoms with Gasteiger partial charge in [0.25, 0.3) is 11.6 Å². The quantitative estimate of drug-likeness (QED) is 0.223. The number of carbonyl (C=O) groups is 2. The van der Waals surface area contributed by atoms with Crippen LogP contribution in [0.1, 0.15) is 11.3 Å². The summed E-state index contributed by atoms with van der Waals surface area (Å²) in [5.74, 6) is -0.797. The van der Waals surface area contributed by atoms with Crippen molar-refractivity contribution in [3.05, 3.63) is 93.1 Å². The second-order valence-electron chi connectivity index (χ2n) is 7.10. The lowest BCUT2D eigenvalue weighted by atomic mass is 10.0. The Balaban J connectivity index is 1.55. The maximum atomic E-state index is 13.0. The van der Waals surface area contributed by atoms with Gasteiger partial charge in [-0.2, -0.15) is 0 Å². The van der Waals surface area contributed by atoms with E-state index >= 15 is 0 Å². The van der Waals surface area contributed by atoms with Gasteiger partial charge in [0.2, 0.25) is 0 Å². The second-order valence-corrected chi connectivity index (χ2v) is 8.78. The van der Waals surface area contributed by atoms with Gasteiger partial charge in [-0.05, 0) is 29.8 Å². The lowest BCUT2D eigenvalue weighted by molar-refractivity contribution is -0.384. The van der Waals surface area contributed by atoms with Crippen LogP contribution in [0, 0.1) is 10.1 Å². The third kappa shape index (κ3) is 4.86. The molecule has 1 aliphatic rings. The minimum absolute atomic E-state index is 0.0299. The number of thioether (sulfide) groups is 1. The largest absolute Gasteiger partial charge is 0.480 e. The fourth-order valence-electron chi connectivity index (χ4n) is 3.34. The number of carbonyl (C=O) groups excluding carboxylic acids is 1. The normalized spacial score (nSPS) is 15.8. The Bertz CT molecular complexity index is 1270. The van der Waals surface area contributed by atoms with Crippen molar-refractivity contribution in [1.82, 2.24) is 4.90 Å². The molecule has 1 atom stereocenters. The molecule has 0 aliphatic carbocycles. The van der Waals surface area contributed by atoms with Gasteiger partial charge in [0.05, 0.1) is 9.83 Å². The Hall–Kier alpha value is -3.76. The van der Waals surface area contributed by atoms with E-state index in [0.29, 0.717) is 17.1 Å². The fourth-order valence-corrected chi connectivity index (χ4v) is 4.67. The van der Waals surface area contributed by atoms with Gasteiger partial charge in [0.1, 0.15) is 21.9 Å². The number of amides is 1. The first kappa shape index (κ1) is 22.4. The zero-order valence-electron chi connectivity index (χ0n) is 16.9. The fraction of sp³-hybridized carbons (Fsp3) is 0.0870. The van der Waals surface area contributed by atoms with Gasteiger partial charge in [-0.3, -0.25) is 19.8 Å². The molecule has 8 nitrogen and oxygen atoms in total. The summed E-state index contributed by atoms with van der Waals surface area (Å²) >= 11 is 6.33. The van der Waals surface area contributed by atoms with Gasteiger partial charge >= 0.3 is 5.97 Å². The van der Waals surface area contributed by atoms with Crippen molar-refractivity contribution in [3.8, 4) is 11.3 Å². The molecule has 2 aromatic carbocycles. The molecule has 10 heteroatoms. The Morgan fingerprint density at radius 2 is 1.85 bits per heavy atom. The van der Waals surface area contributed by atoms with Gasteiger partial charge in [0, 0.05) is 30.2 Å². The average Bonchev–Trinajstić information content (AvgIpc) is 3.37. The Kier molecular flexibility index (Phi) is 6.38. The zero-order chi connectivity index (χ0) is 23.5. The van der Waals surface area contributed by atoms with E-state index in [1.54, 1.807) is 48.5 Å². The van der Waals surface area contributed by atoms with E-state index in [1.807, 2.05) is 6.07 Å². The summed E-state index contributed by atoms with van der Waals surface area (Å²) in [6.07, 6.45) is 1.64. The van der Waals surface area contributed by atoms with Gasteiger partial charge < -0.3 is 9.52 Å². The first-order valence-electron chi connectivity index (χ1n) is 9.72. The summed E-state index contributed by atoms with van der Waals surface area (Å²) in [5.41, 5.74) is 1.39. The molecule has 166 valence electrons. The number of hydrogen-bond acceptors (Lipinski definition) is 7. The molecule has 1 aliphatic heterocycles. The molecular weight excluding hydrogens is 464 g/mol. The van der Waals surface area contributed by atoms with Crippen LogP contribution in [0.25, 0.3) is 17.4 Å². The molecule has 4 rings (SSSR count). The van der Waals surface area contributed by atoms with E-state index in [0.717, 1.165) is 22.2 Å². The smallest absolute Gasteiger partial charge is 0.327 e. The van der Waals surface area contributed by atoms with Crippen LogP contribution in [0.15, 0.2) is 76.1 Å². The first-order valence-corrected chi connectivity index (χ1v) is 10.9. The molecule has 3 aromatic rings. The standard InChI is InChI=1S/C23H16N2O6S2/c26-21-20(13-17-10-11-19(31-17)15-6-8-16(9-7-15)25(29)30)33-23(32)24(21)18(22(27)28)12-14-4-2-1-3-5-14/h1-11,13,18H,12H2,(H,27,28)/b20-13+/t18-/m1/s1. The molecule has 2 heterocycles. The lowest BCUT2D eigenvalue weighted by Gasteiger charge is -2.23. The number of nitro groups is 1. The molecule has 0 unspecified atom stereocenters. The van der Waals surface area contributed by atoms with Crippen molar-refractivity contribution in [2.24, 2.45) is 0 Å². The summed E-state index contributed by atoms with van der Waals surface area (Å²) in [6, 6.07) is 17.1. The number of carboxylic acid groups (broad SMARTS) is 1. The highest BCUT2D eigenvalue weighted by Gasteiger charge is 2.40. The highest BCUT2D eigenvalue weighted by atomic mass is 32.2. The van der Waals surface area contributed by atoms with Crippen molar-refractivity contribution in [2.75, 3.05) is 0 Å². The molecule has 0 saturated carbocycles. The Morgan fingerprint density at radius 1 is 1.15 bits per heavy atom. The van der Waals surface area contributed by atoms with Crippen LogP contribution in [-0.2, 0) is 16.0 Å². The minimum atomic E-state index is -1.14. The lowest BCUT2D eigenvalue weighted by Crippen LogP contribution is -2.45. The van der Waals surface area contributed by atoms with Crippen LogP contribution in [0.5, 0.6) is 0 Å². The van der Waals surface area contributed by atoms with Crippen LogP contribution in [0.3, 0.4) is 0 Å². The minimum Gasteiger partial charge on any atom is -0.480 e. The third-order valence-corrected chi connectivity index (χ3v) is 6.29. The van der Waals surface area contributed by atoms with Crippen molar-refractivity contribution in [1.29, 1.82) is 0 Å². The third-order valence-electron chi connectivity index (χ3n) is 4.95. The van der Waals surface area contributed by atoms with Crippen molar-refractivity contribution in [3.63, 3.8) is 0 Å². The highest BCUT2D eigenvalue weighted by molar-refractivity contribution is 8.26. The molecular formula is C23H16N2O6S2. The number of thiocarbonyl (C=S) groups is 1. The van der Waals surface area contributed by atoms with E-state index in [1.165, 1.54) is 18.2 Å². The van der Waals surface area contributed by atoms with Gasteiger partial charge in [-0.25, -0.2) is 4.79 Å². The zero-order valence-corrected chi connectivity index (χ0v) is 18.5. The Morgan fingerprint density at radius 3 is 2.48 bits per heavy atom. The highest BCUT2D eigenvalue weighted by Crippen LogP contribution is 2.35. The number of non-ortho nitro benzene ring substituents is 1. The maximum Gasteiger partial charge on any atom is 0.327 e. The monoisotopic (exact) mass is 480 g/mol. The van der Waals surface area contributed by atoms with Crippen LogP contribution >= 0.6 is 24.0 Å². The molecule has 1 aromatic heterocycles. The van der Waals surface area contributed by atoms with Crippen LogP contribution in [0.2, 0.25) is 0 Å². The van der Waals surface area contributed by atoms with E-state index in [2.05, 4.69) is 0 Å². The molecule has 0 bridgehead atoms. The van der Waals surface area contributed by atoms with Gasteiger partial charge in [-0.1, -0.05) is 54.3 Å². The number of carboxylic acids is 1. The number of benzene rings is 2. The molecule has 1 amide bonds. The molecule has 33 heavy (non-hydrogen) atoms. The Labute approximate surface area is 197 Å². The second kappa shape index (κ2) is 9.39. The number of rotatable bonds is 7. The van der Waals surface area contributed by atoms with E-state index in [9.17, 15) is 24.8 Å². The number of nitro benzene ring substituents is 1. The summed E-state index contributed by atoms with van der Waals surface area (Å²) in [7, 11) is 0. The topological polar surface area (TPSA) is 114 Å². The van der Waals surface area contributed by atoms with Crippen molar-refractivity contribution >= 4 is 51.9 Å². The van der Waals surface area contributed by atoms with E-state index < -0.39 is 22.8 Å². The summed E-state index contributed by atoms with van der Waals surface area (Å²) in [5, 5.41) is 20.6. The predicted octanol–water partition coefficient (Wildman–Crippen LogP) is 4.75. The summed E-state index contributed by atoms with van der Waals surface area (Å²) < 4.78 is 5.93. The number of aliphatic carboxylic acids is 1. The SMILES string of the molecule is O=C(O)[C@@H](Cc1ccccc1)N1C(=O)/C(=C\c2ccc(-c3ccc([N+](=O)[O-])cc3)o2)SC1=S. The molecule has 1 fully saturated rings. The molecule has 1 saturated heterocycles. The molecule has 0 spiro atoms. The molecule has 1 N–H and O–H groups in total. The van der Waals surface area contributed by atoms with Crippen LogP contribution in [-0.4, -0.2) is 37.2 Å². The van der Waals surface area contributed by atoms with Gasteiger partial charge in [0.15, 0.2) is 0 Å². The molecule has 0 radical (unpaired) electrons. The van der Waals surface area contributed by atoms with Crippen LogP contribution in [0.4, 0.5) is 5.69 Å². The number of nitrogens with zero attached hydrogens (tertiary/aromatic N) is 2. The predicted molar refractivity (Wildman–Crippen MR) is 127 cm³/mol. The number of hydrogen-bond donors (Lipinski definition) is 1. The average molecular weight is 481 g/mol. The van der Waals surface area contributed by atoms with Crippen LogP contribution < -0.4 is 0 Å². The number of furan rings is 1. The van der Waals surface area contributed by atoms with E-state index in [4.69, 9.17) is 16.6 Å². The van der Waals surface area contributed by atoms with Crippen molar-refractivity contribution in [2.45, 2.75) is 12.5 Å².